The van der Waals surface area contributed by atoms with Gasteiger partial charge in [0.2, 0.25) is 5.95 Å². The average Bonchev–Trinajstić information content (AvgIpc) is 3.28. The number of benzene rings is 1. The van der Waals surface area contributed by atoms with Gasteiger partial charge in [-0.05, 0) is 36.4 Å². The molecule has 3 heterocycles. The van der Waals surface area contributed by atoms with Crippen LogP contribution in [0.4, 0.5) is 10.3 Å². The number of rotatable bonds is 3. The van der Waals surface area contributed by atoms with Crippen LogP contribution in [0, 0.1) is 17.1 Å². The van der Waals surface area contributed by atoms with Crippen molar-refractivity contribution in [1.82, 2.24) is 24.4 Å². The topological polar surface area (TPSA) is 101 Å². The molecular formula is C17H10FN7O. The molecule has 4 aromatic rings. The van der Waals surface area contributed by atoms with Crippen molar-refractivity contribution in [2.24, 2.45) is 0 Å². The number of nitriles is 1. The molecule has 126 valence electrons. The molecule has 1 aromatic carbocycles. The Morgan fingerprint density at radius 1 is 1.19 bits per heavy atom. The summed E-state index contributed by atoms with van der Waals surface area (Å²) in [5, 5.41) is 19.7. The van der Waals surface area contributed by atoms with E-state index in [1.807, 2.05) is 0 Å². The number of anilines is 1. The zero-order valence-corrected chi connectivity index (χ0v) is 13.2. The maximum Gasteiger partial charge on any atom is 0.278 e. The highest BCUT2D eigenvalue weighted by molar-refractivity contribution is 6.01. The molecular weight excluding hydrogens is 337 g/mol. The van der Waals surface area contributed by atoms with E-state index < -0.39 is 11.7 Å². The second-order valence-corrected chi connectivity index (χ2v) is 5.35. The molecule has 26 heavy (non-hydrogen) atoms. The molecule has 3 aromatic heterocycles. The number of nitrogens with zero attached hydrogens (tertiary/aromatic N) is 6. The maximum absolute atomic E-state index is 13.2. The number of amides is 1. The molecule has 8 nitrogen and oxygen atoms in total. The lowest BCUT2D eigenvalue weighted by molar-refractivity contribution is 0.102. The fourth-order valence-corrected chi connectivity index (χ4v) is 2.38. The largest absolute Gasteiger partial charge is 0.288 e. The molecule has 0 aliphatic carbocycles. The molecule has 0 bridgehead atoms. The first-order valence-corrected chi connectivity index (χ1v) is 7.52. The molecule has 9 heteroatoms. The Bertz CT molecular complexity index is 1170. The van der Waals surface area contributed by atoms with Crippen molar-refractivity contribution in [3.63, 3.8) is 0 Å². The fourth-order valence-electron chi connectivity index (χ4n) is 2.38. The minimum Gasteiger partial charge on any atom is -0.288 e. The number of aromatic nitrogens is 5. The Kier molecular flexibility index (Phi) is 3.63. The molecule has 1 N–H and O–H groups in total. The Morgan fingerprint density at radius 3 is 2.92 bits per heavy atom. The number of hydrogen-bond acceptors (Lipinski definition) is 5. The first-order valence-electron chi connectivity index (χ1n) is 7.52. The second-order valence-electron chi connectivity index (χ2n) is 5.35. The summed E-state index contributed by atoms with van der Waals surface area (Å²) in [4.78, 5) is 16.4. The van der Waals surface area contributed by atoms with Gasteiger partial charge in [-0.3, -0.25) is 10.1 Å². The van der Waals surface area contributed by atoms with E-state index in [1.165, 1.54) is 27.4 Å². The third-order valence-electron chi connectivity index (χ3n) is 3.58. The van der Waals surface area contributed by atoms with Gasteiger partial charge in [-0.15, -0.1) is 5.10 Å². The SMILES string of the molecule is N#Cc1cccc(-n2ccc(C(=O)Nc3nc4ccc(F)cn4n3)n2)c1. The van der Waals surface area contributed by atoms with Crippen LogP contribution in [0.25, 0.3) is 11.3 Å². The summed E-state index contributed by atoms with van der Waals surface area (Å²) in [7, 11) is 0. The lowest BCUT2D eigenvalue weighted by Gasteiger charge is -2.01. The van der Waals surface area contributed by atoms with Gasteiger partial charge in [0.05, 0.1) is 23.5 Å². The first kappa shape index (κ1) is 15.5. The van der Waals surface area contributed by atoms with Gasteiger partial charge in [-0.1, -0.05) is 6.07 Å². The van der Waals surface area contributed by atoms with E-state index in [0.717, 1.165) is 6.20 Å². The zero-order chi connectivity index (χ0) is 18.1. The smallest absolute Gasteiger partial charge is 0.278 e. The van der Waals surface area contributed by atoms with Crippen LogP contribution >= 0.6 is 0 Å². The quantitative estimate of drug-likeness (QED) is 0.612. The molecule has 0 unspecified atom stereocenters. The summed E-state index contributed by atoms with van der Waals surface area (Å²) in [5.74, 6) is -0.920. The number of nitrogens with one attached hydrogen (secondary N) is 1. The van der Waals surface area contributed by atoms with Gasteiger partial charge in [-0.25, -0.2) is 13.6 Å². The highest BCUT2D eigenvalue weighted by Gasteiger charge is 2.14. The van der Waals surface area contributed by atoms with Crippen LogP contribution in [-0.2, 0) is 0 Å². The molecule has 0 spiro atoms. The Morgan fingerprint density at radius 2 is 2.08 bits per heavy atom. The van der Waals surface area contributed by atoms with Crippen LogP contribution in [0.15, 0.2) is 54.9 Å². The summed E-state index contributed by atoms with van der Waals surface area (Å²) in [5.41, 5.74) is 1.70. The van der Waals surface area contributed by atoms with Gasteiger partial charge in [0.15, 0.2) is 11.3 Å². The van der Waals surface area contributed by atoms with Crippen molar-refractivity contribution in [3.05, 3.63) is 71.9 Å². The van der Waals surface area contributed by atoms with Gasteiger partial charge in [-0.2, -0.15) is 15.3 Å². The predicted molar refractivity (Wildman–Crippen MR) is 89.2 cm³/mol. The van der Waals surface area contributed by atoms with Crippen LogP contribution in [0.5, 0.6) is 0 Å². The molecule has 0 saturated carbocycles. The van der Waals surface area contributed by atoms with Gasteiger partial charge in [0.25, 0.3) is 5.91 Å². The average molecular weight is 347 g/mol. The van der Waals surface area contributed by atoms with Gasteiger partial charge < -0.3 is 0 Å². The molecule has 0 aliphatic rings. The summed E-state index contributed by atoms with van der Waals surface area (Å²) in [6, 6.07) is 13.1. The summed E-state index contributed by atoms with van der Waals surface area (Å²) in [6.45, 7) is 0. The van der Waals surface area contributed by atoms with Crippen LogP contribution in [0.3, 0.4) is 0 Å². The third kappa shape index (κ3) is 2.87. The zero-order valence-electron chi connectivity index (χ0n) is 13.2. The summed E-state index contributed by atoms with van der Waals surface area (Å²) < 4.78 is 15.9. The Balaban J connectivity index is 1.56. The molecule has 0 radical (unpaired) electrons. The van der Waals surface area contributed by atoms with E-state index in [4.69, 9.17) is 5.26 Å². The molecule has 0 fully saturated rings. The van der Waals surface area contributed by atoms with Crippen molar-refractivity contribution in [2.75, 3.05) is 5.32 Å². The van der Waals surface area contributed by atoms with E-state index in [-0.39, 0.29) is 11.6 Å². The van der Waals surface area contributed by atoms with E-state index in [9.17, 15) is 9.18 Å². The van der Waals surface area contributed by atoms with Crippen LogP contribution in [-0.4, -0.2) is 30.3 Å². The Hall–Kier alpha value is -4.06. The van der Waals surface area contributed by atoms with Crippen molar-refractivity contribution >= 4 is 17.5 Å². The van der Waals surface area contributed by atoms with Gasteiger partial charge in [0.1, 0.15) is 5.82 Å². The summed E-state index contributed by atoms with van der Waals surface area (Å²) in [6.07, 6.45) is 2.77. The molecule has 0 aliphatic heterocycles. The van der Waals surface area contributed by atoms with E-state index >= 15 is 0 Å². The first-order chi connectivity index (χ1) is 12.6. The third-order valence-corrected chi connectivity index (χ3v) is 3.58. The van der Waals surface area contributed by atoms with Crippen LogP contribution in [0.2, 0.25) is 0 Å². The number of halogens is 1. The predicted octanol–water partition coefficient (Wildman–Crippen LogP) is 2.18. The van der Waals surface area contributed by atoms with Crippen LogP contribution < -0.4 is 5.32 Å². The number of fused-ring (bicyclic) bond motifs is 1. The van der Waals surface area contributed by atoms with Crippen molar-refractivity contribution in [1.29, 1.82) is 5.26 Å². The van der Waals surface area contributed by atoms with Gasteiger partial charge in [0, 0.05) is 6.20 Å². The maximum atomic E-state index is 13.2. The van der Waals surface area contributed by atoms with E-state index in [2.05, 4.69) is 26.6 Å². The molecule has 1 amide bonds. The van der Waals surface area contributed by atoms with E-state index in [0.29, 0.717) is 16.9 Å². The molecule has 0 atom stereocenters. The van der Waals surface area contributed by atoms with E-state index in [1.54, 1.807) is 30.5 Å². The summed E-state index contributed by atoms with van der Waals surface area (Å²) >= 11 is 0. The molecule has 0 saturated heterocycles. The van der Waals surface area contributed by atoms with Crippen molar-refractivity contribution < 1.29 is 9.18 Å². The lowest BCUT2D eigenvalue weighted by atomic mass is 10.2. The minimum absolute atomic E-state index is 0.0432. The minimum atomic E-state index is -0.503. The second kappa shape index (κ2) is 6.10. The lowest BCUT2D eigenvalue weighted by Crippen LogP contribution is -2.14. The van der Waals surface area contributed by atoms with Crippen molar-refractivity contribution in [3.8, 4) is 11.8 Å². The highest BCUT2D eigenvalue weighted by atomic mass is 19.1. The van der Waals surface area contributed by atoms with Crippen LogP contribution in [0.1, 0.15) is 16.1 Å². The normalized spacial score (nSPS) is 10.6. The van der Waals surface area contributed by atoms with Gasteiger partial charge >= 0.3 is 0 Å². The van der Waals surface area contributed by atoms with Crippen molar-refractivity contribution in [2.45, 2.75) is 0 Å². The molecule has 4 rings (SSSR count). The monoisotopic (exact) mass is 347 g/mol. The highest BCUT2D eigenvalue weighted by Crippen LogP contribution is 2.12. The number of hydrogen-bond donors (Lipinski definition) is 1. The number of pyridine rings is 1. The fraction of sp³-hybridized carbons (Fsp3) is 0. The Labute approximate surface area is 146 Å². The number of carbonyl (C=O) groups is 1. The standard InChI is InChI=1S/C17H10FN7O/c18-12-4-5-15-20-17(23-25(15)10-12)21-16(26)14-6-7-24(22-14)13-3-1-2-11(8-13)9-19/h1-8,10H,(H,21,23,26). The number of carbonyl (C=O) groups excluding carboxylic acids is 1.